The Morgan fingerprint density at radius 3 is 2.69 bits per heavy atom. The first-order valence-corrected chi connectivity index (χ1v) is 13.5. The Morgan fingerprint density at radius 1 is 1.08 bits per heavy atom. The molecule has 0 radical (unpaired) electrons. The molecule has 1 aliphatic carbocycles. The number of likely N-dealkylation sites (N-methyl/N-ethyl adjacent to an activating group) is 1. The molecule has 1 unspecified atom stereocenters. The third-order valence-electron chi connectivity index (χ3n) is 6.32. The van der Waals surface area contributed by atoms with Gasteiger partial charge in [0.25, 0.3) is 5.91 Å². The van der Waals surface area contributed by atoms with Gasteiger partial charge in [-0.3, -0.25) is 4.79 Å². The quantitative estimate of drug-likeness (QED) is 0.345. The number of nitrogens with zero attached hydrogens (tertiary/aromatic N) is 2. The molecule has 0 aromatic heterocycles. The number of fused-ring (bicyclic) bond motifs is 2. The van der Waals surface area contributed by atoms with Crippen LogP contribution in [0.3, 0.4) is 0 Å². The number of carbonyl (C=O) groups is 1. The number of hydrogen-bond acceptors (Lipinski definition) is 4. The number of halogens is 1. The van der Waals surface area contributed by atoms with Crippen molar-refractivity contribution in [2.24, 2.45) is 4.99 Å². The highest BCUT2D eigenvalue weighted by Gasteiger charge is 2.23. The van der Waals surface area contributed by atoms with Crippen LogP contribution in [0.4, 0.5) is 11.4 Å². The molecule has 3 aromatic rings. The molecule has 0 bridgehead atoms. The molecule has 1 N–H and O–H groups in total. The monoisotopic (exact) mass is 513 g/mol. The summed E-state index contributed by atoms with van der Waals surface area (Å²) in [7, 11) is 0. The summed E-state index contributed by atoms with van der Waals surface area (Å²) < 4.78 is 0. The highest BCUT2D eigenvalue weighted by Crippen LogP contribution is 2.42. The molecule has 0 saturated heterocycles. The molecule has 182 valence electrons. The Bertz CT molecular complexity index is 1350. The molecule has 36 heavy (non-hydrogen) atoms. The molecule has 2 aliphatic rings. The van der Waals surface area contributed by atoms with Crippen molar-refractivity contribution in [3.05, 3.63) is 108 Å². The van der Waals surface area contributed by atoms with Crippen LogP contribution in [0, 0.1) is 0 Å². The number of aliphatic imine (C=N–C) groups is 1. The van der Waals surface area contributed by atoms with E-state index in [0.717, 1.165) is 57.5 Å². The first kappa shape index (κ1) is 24.4. The predicted octanol–water partition coefficient (Wildman–Crippen LogP) is 7.02. The molecule has 0 saturated carbocycles. The Kier molecular flexibility index (Phi) is 7.59. The second kappa shape index (κ2) is 11.2. The fraction of sp³-hybridized carbons (Fsp3) is 0.200. The Hall–Kier alpha value is -3.28. The van der Waals surface area contributed by atoms with E-state index in [0.29, 0.717) is 12.1 Å². The van der Waals surface area contributed by atoms with Gasteiger partial charge in [-0.2, -0.15) is 0 Å². The molecule has 6 heteroatoms. The van der Waals surface area contributed by atoms with Crippen LogP contribution in [0.15, 0.2) is 111 Å². The summed E-state index contributed by atoms with van der Waals surface area (Å²) in [4.78, 5) is 22.6. The Labute approximate surface area is 221 Å². The summed E-state index contributed by atoms with van der Waals surface area (Å²) in [5, 5.41) is 3.03. The minimum Gasteiger partial charge on any atom is -0.370 e. The van der Waals surface area contributed by atoms with Gasteiger partial charge in [-0.15, -0.1) is 11.6 Å². The van der Waals surface area contributed by atoms with E-state index in [2.05, 4.69) is 47.5 Å². The first-order chi connectivity index (χ1) is 17.6. The van der Waals surface area contributed by atoms with E-state index in [-0.39, 0.29) is 11.3 Å². The van der Waals surface area contributed by atoms with Gasteiger partial charge in [0.05, 0.1) is 16.8 Å². The van der Waals surface area contributed by atoms with Crippen LogP contribution < -0.4 is 10.2 Å². The standard InChI is InChI=1S/C30H28ClN3OS/c1-2-34(24-11-4-3-5-12-24)18-17-32-30(35)22-15-16-28-26(20-22)33-29(21-9-8-10-23(31)19-21)25-13-6-7-14-27(25)36-28/h3-16,20,23H,2,17-19H2,1H3,(H,32,35). The van der Waals surface area contributed by atoms with Gasteiger partial charge in [0, 0.05) is 46.2 Å². The van der Waals surface area contributed by atoms with Crippen LogP contribution in [-0.2, 0) is 0 Å². The largest absolute Gasteiger partial charge is 0.370 e. The van der Waals surface area contributed by atoms with Crippen molar-refractivity contribution in [3.8, 4) is 0 Å². The van der Waals surface area contributed by atoms with Gasteiger partial charge in [0.15, 0.2) is 0 Å². The minimum absolute atomic E-state index is 0.0501. The summed E-state index contributed by atoms with van der Waals surface area (Å²) in [6.45, 7) is 4.30. The lowest BCUT2D eigenvalue weighted by Crippen LogP contribution is -2.34. The van der Waals surface area contributed by atoms with Gasteiger partial charge >= 0.3 is 0 Å². The number of nitrogens with one attached hydrogen (secondary N) is 1. The number of para-hydroxylation sites is 1. The molecular formula is C30H28ClN3OS. The van der Waals surface area contributed by atoms with Gasteiger partial charge in [0.2, 0.25) is 0 Å². The maximum atomic E-state index is 13.0. The van der Waals surface area contributed by atoms with E-state index in [1.807, 2.05) is 60.7 Å². The third-order valence-corrected chi connectivity index (χ3v) is 7.76. The second-order valence-electron chi connectivity index (χ2n) is 8.71. The Morgan fingerprint density at radius 2 is 1.89 bits per heavy atom. The molecule has 5 rings (SSSR count). The maximum Gasteiger partial charge on any atom is 0.251 e. The predicted molar refractivity (Wildman–Crippen MR) is 151 cm³/mol. The van der Waals surface area contributed by atoms with E-state index in [9.17, 15) is 4.79 Å². The van der Waals surface area contributed by atoms with Crippen LogP contribution in [0.25, 0.3) is 0 Å². The highest BCUT2D eigenvalue weighted by molar-refractivity contribution is 7.99. The van der Waals surface area contributed by atoms with Crippen LogP contribution in [0.1, 0.15) is 29.3 Å². The zero-order chi connectivity index (χ0) is 24.9. The smallest absolute Gasteiger partial charge is 0.251 e. The van der Waals surface area contributed by atoms with Crippen LogP contribution in [0.2, 0.25) is 0 Å². The molecule has 4 nitrogen and oxygen atoms in total. The SMILES string of the molecule is CCN(CCNC(=O)c1ccc2c(c1)N=C(C1=CC=CC(Cl)C1)c1ccccc1S2)c1ccccc1. The van der Waals surface area contributed by atoms with E-state index in [1.54, 1.807) is 11.8 Å². The zero-order valence-electron chi connectivity index (χ0n) is 20.2. The second-order valence-corrected chi connectivity index (χ2v) is 10.4. The minimum atomic E-state index is -0.0916. The van der Waals surface area contributed by atoms with E-state index in [1.165, 1.54) is 0 Å². The van der Waals surface area contributed by atoms with E-state index >= 15 is 0 Å². The lowest BCUT2D eigenvalue weighted by Gasteiger charge is -2.23. The van der Waals surface area contributed by atoms with Gasteiger partial charge in [-0.25, -0.2) is 4.99 Å². The highest BCUT2D eigenvalue weighted by atomic mass is 35.5. The molecule has 3 aromatic carbocycles. The summed E-state index contributed by atoms with van der Waals surface area (Å²) in [5.41, 5.74) is 5.69. The lowest BCUT2D eigenvalue weighted by molar-refractivity contribution is 0.0954. The summed E-state index contributed by atoms with van der Waals surface area (Å²) >= 11 is 8.13. The molecule has 0 fully saturated rings. The average Bonchev–Trinajstić information content (AvgIpc) is 3.08. The average molecular weight is 514 g/mol. The molecule has 1 atom stereocenters. The van der Waals surface area contributed by atoms with Gasteiger partial charge in [-0.1, -0.05) is 66.4 Å². The normalized spacial score (nSPS) is 16.2. The van der Waals surface area contributed by atoms with Crippen molar-refractivity contribution in [3.63, 3.8) is 0 Å². The number of hydrogen-bond donors (Lipinski definition) is 1. The number of amides is 1. The van der Waals surface area contributed by atoms with Crippen LogP contribution in [-0.4, -0.2) is 36.6 Å². The molecule has 0 spiro atoms. The van der Waals surface area contributed by atoms with Crippen molar-refractivity contribution in [1.82, 2.24) is 5.32 Å². The zero-order valence-corrected chi connectivity index (χ0v) is 21.7. The number of rotatable bonds is 7. The number of anilines is 1. The summed E-state index contributed by atoms with van der Waals surface area (Å²) in [6, 6.07) is 24.4. The van der Waals surface area contributed by atoms with Gasteiger partial charge in [-0.05, 0) is 55.3 Å². The Balaban J connectivity index is 1.37. The summed E-state index contributed by atoms with van der Waals surface area (Å²) in [5.74, 6) is -0.0916. The lowest BCUT2D eigenvalue weighted by atomic mass is 9.95. The molecular weight excluding hydrogens is 486 g/mol. The molecule has 1 amide bonds. The van der Waals surface area contributed by atoms with Gasteiger partial charge < -0.3 is 10.2 Å². The first-order valence-electron chi connectivity index (χ1n) is 12.2. The van der Waals surface area contributed by atoms with Crippen molar-refractivity contribution >= 4 is 46.4 Å². The topological polar surface area (TPSA) is 44.7 Å². The fourth-order valence-corrected chi connectivity index (χ4v) is 5.71. The van der Waals surface area contributed by atoms with Gasteiger partial charge in [0.1, 0.15) is 0 Å². The van der Waals surface area contributed by atoms with Crippen LogP contribution >= 0.6 is 23.4 Å². The number of alkyl halides is 1. The summed E-state index contributed by atoms with van der Waals surface area (Å²) in [6.07, 6.45) is 6.81. The van der Waals surface area contributed by atoms with Crippen molar-refractivity contribution in [1.29, 1.82) is 0 Å². The van der Waals surface area contributed by atoms with E-state index < -0.39 is 0 Å². The molecule has 1 heterocycles. The van der Waals surface area contributed by atoms with E-state index in [4.69, 9.17) is 16.6 Å². The third kappa shape index (κ3) is 5.43. The fourth-order valence-electron chi connectivity index (χ4n) is 4.46. The van der Waals surface area contributed by atoms with Crippen molar-refractivity contribution in [2.75, 3.05) is 24.5 Å². The number of allylic oxidation sites excluding steroid dienone is 4. The maximum absolute atomic E-state index is 13.0. The number of carbonyl (C=O) groups excluding carboxylic acids is 1. The number of benzene rings is 3. The van der Waals surface area contributed by atoms with Crippen molar-refractivity contribution < 1.29 is 4.79 Å². The van der Waals surface area contributed by atoms with Crippen LogP contribution in [0.5, 0.6) is 0 Å². The molecule has 1 aliphatic heterocycles. The van der Waals surface area contributed by atoms with Crippen molar-refractivity contribution in [2.45, 2.75) is 28.5 Å².